The van der Waals surface area contributed by atoms with Gasteiger partial charge in [-0.25, -0.2) is 4.98 Å². The first-order valence-corrected chi connectivity index (χ1v) is 7.01. The van der Waals surface area contributed by atoms with Gasteiger partial charge in [0.05, 0.1) is 15.5 Å². The second-order valence-electron chi connectivity index (χ2n) is 5.20. The summed E-state index contributed by atoms with van der Waals surface area (Å²) in [4.78, 5) is 12.8. The van der Waals surface area contributed by atoms with E-state index in [0.29, 0.717) is 10.9 Å². The van der Waals surface area contributed by atoms with Gasteiger partial charge in [-0.3, -0.25) is 14.7 Å². The molecule has 148 valence electrons. The van der Waals surface area contributed by atoms with E-state index in [9.17, 15) is 45.2 Å². The summed E-state index contributed by atoms with van der Waals surface area (Å²) < 4.78 is 103. The Balaban J connectivity index is 2.76. The van der Waals surface area contributed by atoms with Gasteiger partial charge >= 0.3 is 18.3 Å². The van der Waals surface area contributed by atoms with E-state index in [0.717, 1.165) is 6.92 Å². The number of hydrogen-bond acceptors (Lipinski definition) is 3. The second-order valence-corrected chi connectivity index (χ2v) is 5.61. The number of nitro groups is 1. The number of alkyl halides is 8. The number of imidazole rings is 1. The molecule has 1 heterocycles. The van der Waals surface area contributed by atoms with Gasteiger partial charge in [-0.05, 0) is 13.0 Å². The Morgan fingerprint density at radius 1 is 1.11 bits per heavy atom. The molecule has 0 atom stereocenters. The lowest BCUT2D eigenvalue weighted by Gasteiger charge is -2.19. The van der Waals surface area contributed by atoms with Crippen molar-refractivity contribution in [3.63, 3.8) is 0 Å². The SMILES string of the molecule is Cc1c(C(F)(F)C(F)(F)F)ncn1-c1c(Cl)cc(C(F)(F)F)cc1[N+](=O)[O-]. The Labute approximate surface area is 149 Å². The third-order valence-electron chi connectivity index (χ3n) is 3.47. The Hall–Kier alpha value is -2.44. The van der Waals surface area contributed by atoms with Crippen LogP contribution >= 0.6 is 11.6 Å². The summed E-state index contributed by atoms with van der Waals surface area (Å²) in [6.07, 6.45) is -10.6. The summed E-state index contributed by atoms with van der Waals surface area (Å²) in [6.45, 7) is 0.736. The van der Waals surface area contributed by atoms with Gasteiger partial charge in [0.1, 0.15) is 17.7 Å². The van der Waals surface area contributed by atoms with Gasteiger partial charge in [0.2, 0.25) is 0 Å². The van der Waals surface area contributed by atoms with Crippen LogP contribution < -0.4 is 0 Å². The average molecular weight is 424 g/mol. The fraction of sp³-hybridized carbons (Fsp3) is 0.308. The van der Waals surface area contributed by atoms with Crippen LogP contribution in [0, 0.1) is 17.0 Å². The predicted molar refractivity (Wildman–Crippen MR) is 74.9 cm³/mol. The molecule has 5 nitrogen and oxygen atoms in total. The number of rotatable bonds is 3. The standard InChI is InChI=1S/C13H6ClF8N3O2/c1-5-10(11(15,16)13(20,21)22)23-4-24(5)9-7(14)2-6(12(17,18)19)3-8(9)25(26)27/h2-4H,1H3. The van der Waals surface area contributed by atoms with Crippen molar-refractivity contribution in [2.24, 2.45) is 0 Å². The third-order valence-corrected chi connectivity index (χ3v) is 3.76. The zero-order chi connectivity index (χ0) is 20.9. The van der Waals surface area contributed by atoms with Crippen molar-refractivity contribution in [1.82, 2.24) is 9.55 Å². The molecule has 1 aromatic heterocycles. The smallest absolute Gasteiger partial charge is 0.296 e. The van der Waals surface area contributed by atoms with Crippen LogP contribution in [0.3, 0.4) is 0 Å². The molecule has 2 aromatic rings. The van der Waals surface area contributed by atoms with Crippen molar-refractivity contribution in [2.75, 3.05) is 0 Å². The predicted octanol–water partition coefficient (Wildman–Crippen LogP) is 5.42. The van der Waals surface area contributed by atoms with Gasteiger partial charge in [-0.15, -0.1) is 0 Å². The Bertz CT molecular complexity index is 904. The highest BCUT2D eigenvalue weighted by atomic mass is 35.5. The molecule has 0 amide bonds. The van der Waals surface area contributed by atoms with Crippen molar-refractivity contribution in [3.05, 3.63) is 50.5 Å². The molecule has 0 aliphatic carbocycles. The molecule has 0 saturated carbocycles. The topological polar surface area (TPSA) is 61.0 Å². The van der Waals surface area contributed by atoms with E-state index in [1.807, 2.05) is 0 Å². The number of nitrogens with zero attached hydrogens (tertiary/aromatic N) is 3. The Morgan fingerprint density at radius 3 is 2.11 bits per heavy atom. The summed E-state index contributed by atoms with van der Waals surface area (Å²) in [6, 6.07) is 0.368. The minimum Gasteiger partial charge on any atom is -0.296 e. The summed E-state index contributed by atoms with van der Waals surface area (Å²) >= 11 is 5.64. The molecular weight excluding hydrogens is 418 g/mol. The monoisotopic (exact) mass is 423 g/mol. The van der Waals surface area contributed by atoms with E-state index in [4.69, 9.17) is 11.6 Å². The highest BCUT2D eigenvalue weighted by molar-refractivity contribution is 6.33. The molecule has 0 aliphatic heterocycles. The molecule has 0 aliphatic rings. The van der Waals surface area contributed by atoms with Crippen LogP contribution in [-0.4, -0.2) is 20.7 Å². The van der Waals surface area contributed by atoms with E-state index in [1.54, 1.807) is 0 Å². The van der Waals surface area contributed by atoms with Crippen LogP contribution in [0.4, 0.5) is 40.8 Å². The molecule has 14 heteroatoms. The zero-order valence-electron chi connectivity index (χ0n) is 12.8. The molecule has 0 radical (unpaired) electrons. The molecule has 0 spiro atoms. The second kappa shape index (κ2) is 6.32. The first-order chi connectivity index (χ1) is 12.1. The van der Waals surface area contributed by atoms with Gasteiger partial charge in [0.25, 0.3) is 5.69 Å². The fourth-order valence-corrected chi connectivity index (χ4v) is 2.51. The first-order valence-electron chi connectivity index (χ1n) is 6.63. The quantitative estimate of drug-likeness (QED) is 0.376. The van der Waals surface area contributed by atoms with Crippen molar-refractivity contribution < 1.29 is 40.0 Å². The van der Waals surface area contributed by atoms with Crippen LogP contribution in [0.2, 0.25) is 5.02 Å². The van der Waals surface area contributed by atoms with E-state index in [2.05, 4.69) is 4.98 Å². The lowest BCUT2D eigenvalue weighted by atomic mass is 10.1. The Morgan fingerprint density at radius 2 is 1.67 bits per heavy atom. The van der Waals surface area contributed by atoms with Crippen LogP contribution in [0.15, 0.2) is 18.5 Å². The number of halogens is 9. The van der Waals surface area contributed by atoms with Crippen LogP contribution in [-0.2, 0) is 12.1 Å². The van der Waals surface area contributed by atoms with Crippen molar-refractivity contribution >= 4 is 17.3 Å². The average Bonchev–Trinajstić information content (AvgIpc) is 2.86. The maximum absolute atomic E-state index is 13.5. The lowest BCUT2D eigenvalue weighted by molar-refractivity contribution is -0.384. The maximum atomic E-state index is 13.5. The summed E-state index contributed by atoms with van der Waals surface area (Å²) in [5, 5.41) is 10.2. The highest BCUT2D eigenvalue weighted by Gasteiger charge is 2.61. The van der Waals surface area contributed by atoms with Crippen molar-refractivity contribution in [3.8, 4) is 5.69 Å². The maximum Gasteiger partial charge on any atom is 0.459 e. The molecule has 2 rings (SSSR count). The molecule has 1 aromatic carbocycles. The highest BCUT2D eigenvalue weighted by Crippen LogP contribution is 2.45. The molecule has 0 N–H and O–H groups in total. The number of aromatic nitrogens is 2. The molecular formula is C13H6ClF8N3O2. The minimum atomic E-state index is -6.01. The van der Waals surface area contributed by atoms with Gasteiger partial charge < -0.3 is 0 Å². The van der Waals surface area contributed by atoms with Gasteiger partial charge in [0.15, 0.2) is 0 Å². The molecule has 0 saturated heterocycles. The number of nitro benzene ring substituents is 1. The van der Waals surface area contributed by atoms with Gasteiger partial charge in [0, 0.05) is 11.8 Å². The largest absolute Gasteiger partial charge is 0.459 e. The van der Waals surface area contributed by atoms with Gasteiger partial charge in [-0.2, -0.15) is 35.1 Å². The number of benzene rings is 1. The minimum absolute atomic E-state index is 0.0855. The molecule has 27 heavy (non-hydrogen) atoms. The fourth-order valence-electron chi connectivity index (χ4n) is 2.20. The van der Waals surface area contributed by atoms with E-state index < -0.39 is 56.5 Å². The summed E-state index contributed by atoms with van der Waals surface area (Å²) in [5.41, 5.74) is -6.23. The van der Waals surface area contributed by atoms with Crippen molar-refractivity contribution in [2.45, 2.75) is 25.2 Å². The molecule has 0 fully saturated rings. The normalized spacial score (nSPS) is 13.1. The van der Waals surface area contributed by atoms with Crippen molar-refractivity contribution in [1.29, 1.82) is 0 Å². The van der Waals surface area contributed by atoms with E-state index in [-0.39, 0.29) is 12.1 Å². The third kappa shape index (κ3) is 3.55. The van der Waals surface area contributed by atoms with Crippen LogP contribution in [0.25, 0.3) is 5.69 Å². The Kier molecular flexibility index (Phi) is 4.88. The first kappa shape index (κ1) is 20.9. The summed E-state index contributed by atoms with van der Waals surface area (Å²) in [7, 11) is 0. The van der Waals surface area contributed by atoms with Crippen LogP contribution in [0.1, 0.15) is 17.0 Å². The molecule has 0 bridgehead atoms. The van der Waals surface area contributed by atoms with E-state index in [1.165, 1.54) is 0 Å². The zero-order valence-corrected chi connectivity index (χ0v) is 13.5. The molecule has 0 unspecified atom stereocenters. The number of hydrogen-bond donors (Lipinski definition) is 0. The lowest BCUT2D eigenvalue weighted by Crippen LogP contribution is -2.34. The van der Waals surface area contributed by atoms with Crippen LogP contribution in [0.5, 0.6) is 0 Å². The van der Waals surface area contributed by atoms with E-state index >= 15 is 0 Å². The summed E-state index contributed by atoms with van der Waals surface area (Å²) in [5.74, 6) is -5.39. The van der Waals surface area contributed by atoms with Gasteiger partial charge in [-0.1, -0.05) is 11.6 Å².